The van der Waals surface area contributed by atoms with Gasteiger partial charge >= 0.3 is 0 Å². The van der Waals surface area contributed by atoms with Gasteiger partial charge in [-0.15, -0.1) is 0 Å². The van der Waals surface area contributed by atoms with Crippen molar-refractivity contribution >= 4 is 34.2 Å². The van der Waals surface area contributed by atoms with E-state index >= 15 is 0 Å². The van der Waals surface area contributed by atoms with Crippen LogP contribution in [0.2, 0.25) is 5.02 Å². The van der Waals surface area contributed by atoms with E-state index in [1.165, 1.54) is 11.5 Å². The summed E-state index contributed by atoms with van der Waals surface area (Å²) < 4.78 is 4.52. The maximum absolute atomic E-state index is 12.8. The van der Waals surface area contributed by atoms with E-state index < -0.39 is 0 Å². The number of halogens is 1. The SMILES string of the molecule is CC1CCN(C(=O)C2CCN(c3nc(Cc4ccc(Cl)cc4)ns3)CC2)CC1. The summed E-state index contributed by atoms with van der Waals surface area (Å²) >= 11 is 7.41. The predicted octanol–water partition coefficient (Wildman–Crippen LogP) is 4.26. The Bertz CT molecular complexity index is 793. The lowest BCUT2D eigenvalue weighted by atomic mass is 9.93. The lowest BCUT2D eigenvalue weighted by molar-refractivity contribution is -0.137. The van der Waals surface area contributed by atoms with Gasteiger partial charge in [-0.25, -0.2) is 4.98 Å². The number of likely N-dealkylation sites (tertiary alicyclic amines) is 1. The van der Waals surface area contributed by atoms with Crippen molar-refractivity contribution in [3.8, 4) is 0 Å². The lowest BCUT2D eigenvalue weighted by Gasteiger charge is -2.36. The van der Waals surface area contributed by atoms with Gasteiger partial charge in [0.2, 0.25) is 11.0 Å². The normalized spacial score (nSPS) is 19.2. The molecule has 5 nitrogen and oxygen atoms in total. The van der Waals surface area contributed by atoms with Gasteiger partial charge in [-0.3, -0.25) is 4.79 Å². The van der Waals surface area contributed by atoms with E-state index in [1.807, 2.05) is 24.3 Å². The van der Waals surface area contributed by atoms with Gasteiger partial charge in [0.05, 0.1) is 0 Å². The molecule has 2 fully saturated rings. The molecule has 1 aromatic carbocycles. The fraction of sp³-hybridized carbons (Fsp3) is 0.571. The van der Waals surface area contributed by atoms with Crippen molar-refractivity contribution in [2.24, 2.45) is 11.8 Å². The van der Waals surface area contributed by atoms with E-state index in [0.29, 0.717) is 5.91 Å². The molecule has 0 radical (unpaired) electrons. The van der Waals surface area contributed by atoms with Crippen LogP contribution in [0.4, 0.5) is 5.13 Å². The number of benzene rings is 1. The highest BCUT2D eigenvalue weighted by molar-refractivity contribution is 7.09. The molecule has 3 heterocycles. The number of carbonyl (C=O) groups excluding carboxylic acids is 1. The first-order valence-electron chi connectivity index (χ1n) is 10.2. The van der Waals surface area contributed by atoms with Gasteiger partial charge < -0.3 is 9.80 Å². The molecular weight excluding hydrogens is 392 g/mol. The summed E-state index contributed by atoms with van der Waals surface area (Å²) in [6, 6.07) is 7.83. The van der Waals surface area contributed by atoms with E-state index in [0.717, 1.165) is 85.7 Å². The number of nitrogens with zero attached hydrogens (tertiary/aromatic N) is 4. The van der Waals surface area contributed by atoms with Crippen LogP contribution in [0.1, 0.15) is 44.0 Å². The molecule has 150 valence electrons. The zero-order chi connectivity index (χ0) is 19.5. The highest BCUT2D eigenvalue weighted by Crippen LogP contribution is 2.28. The van der Waals surface area contributed by atoms with Crippen molar-refractivity contribution in [1.82, 2.24) is 14.3 Å². The molecule has 1 amide bonds. The van der Waals surface area contributed by atoms with Crippen LogP contribution in [0.25, 0.3) is 0 Å². The average molecular weight is 419 g/mol. The van der Waals surface area contributed by atoms with Crippen LogP contribution < -0.4 is 4.90 Å². The smallest absolute Gasteiger partial charge is 0.225 e. The molecule has 2 aliphatic heterocycles. The van der Waals surface area contributed by atoms with Crippen molar-refractivity contribution in [2.75, 3.05) is 31.1 Å². The molecule has 2 aromatic rings. The first-order chi connectivity index (χ1) is 13.6. The van der Waals surface area contributed by atoms with Crippen molar-refractivity contribution in [1.29, 1.82) is 0 Å². The van der Waals surface area contributed by atoms with Crippen LogP contribution in [-0.2, 0) is 11.2 Å². The van der Waals surface area contributed by atoms with Gasteiger partial charge in [-0.05, 0) is 49.3 Å². The molecule has 2 saturated heterocycles. The third-order valence-corrected chi connectivity index (χ3v) is 7.01. The minimum atomic E-state index is 0.172. The van der Waals surface area contributed by atoms with Crippen molar-refractivity contribution in [3.63, 3.8) is 0 Å². The minimum Gasteiger partial charge on any atom is -0.347 e. The topological polar surface area (TPSA) is 49.3 Å². The predicted molar refractivity (Wildman–Crippen MR) is 114 cm³/mol. The third-order valence-electron chi connectivity index (χ3n) is 5.94. The van der Waals surface area contributed by atoms with Gasteiger partial charge in [-0.1, -0.05) is 30.7 Å². The Balaban J connectivity index is 1.30. The molecule has 2 aliphatic rings. The van der Waals surface area contributed by atoms with E-state index in [2.05, 4.69) is 21.1 Å². The third kappa shape index (κ3) is 4.66. The number of rotatable bonds is 4. The Morgan fingerprint density at radius 1 is 1.11 bits per heavy atom. The largest absolute Gasteiger partial charge is 0.347 e. The van der Waals surface area contributed by atoms with Crippen LogP contribution in [0, 0.1) is 11.8 Å². The first kappa shape index (κ1) is 19.6. The first-order valence-corrected chi connectivity index (χ1v) is 11.3. The van der Waals surface area contributed by atoms with Gasteiger partial charge in [0, 0.05) is 55.1 Å². The number of carbonyl (C=O) groups is 1. The summed E-state index contributed by atoms with van der Waals surface area (Å²) in [5, 5.41) is 1.72. The summed E-state index contributed by atoms with van der Waals surface area (Å²) in [5.41, 5.74) is 1.16. The summed E-state index contributed by atoms with van der Waals surface area (Å²) in [6.45, 7) is 5.92. The van der Waals surface area contributed by atoms with E-state index in [9.17, 15) is 4.79 Å². The molecule has 0 saturated carbocycles. The Labute approximate surface area is 175 Å². The van der Waals surface area contributed by atoms with E-state index in [4.69, 9.17) is 16.6 Å². The maximum Gasteiger partial charge on any atom is 0.225 e. The molecule has 0 spiro atoms. The summed E-state index contributed by atoms with van der Waals surface area (Å²) in [4.78, 5) is 21.9. The number of hydrogen-bond donors (Lipinski definition) is 0. The molecular formula is C21H27ClN4OS. The van der Waals surface area contributed by atoms with E-state index in [-0.39, 0.29) is 5.92 Å². The van der Waals surface area contributed by atoms with Gasteiger partial charge in [0.25, 0.3) is 0 Å². The maximum atomic E-state index is 12.8. The second kappa shape index (κ2) is 8.78. The van der Waals surface area contributed by atoms with Crippen LogP contribution in [0.5, 0.6) is 0 Å². The zero-order valence-corrected chi connectivity index (χ0v) is 17.9. The number of aromatic nitrogens is 2. The standard InChI is InChI=1S/C21H27ClN4OS/c1-15-6-10-25(11-7-15)20(27)17-8-12-26(13-9-17)21-23-19(24-28-21)14-16-2-4-18(22)5-3-16/h2-5,15,17H,6-14H2,1H3. The molecule has 7 heteroatoms. The molecule has 0 atom stereocenters. The molecule has 0 unspecified atom stereocenters. The Morgan fingerprint density at radius 3 is 2.46 bits per heavy atom. The highest BCUT2D eigenvalue weighted by Gasteiger charge is 2.31. The molecule has 0 aliphatic carbocycles. The number of hydrogen-bond acceptors (Lipinski definition) is 5. The quantitative estimate of drug-likeness (QED) is 0.744. The summed E-state index contributed by atoms with van der Waals surface area (Å²) in [7, 11) is 0. The highest BCUT2D eigenvalue weighted by atomic mass is 35.5. The molecule has 28 heavy (non-hydrogen) atoms. The molecule has 1 aromatic heterocycles. The second-order valence-electron chi connectivity index (χ2n) is 8.07. The van der Waals surface area contributed by atoms with Crippen molar-refractivity contribution < 1.29 is 4.79 Å². The lowest BCUT2D eigenvalue weighted by Crippen LogP contribution is -2.45. The van der Waals surface area contributed by atoms with Crippen LogP contribution in [-0.4, -0.2) is 46.3 Å². The summed E-state index contributed by atoms with van der Waals surface area (Å²) in [6.07, 6.45) is 4.83. The Kier molecular flexibility index (Phi) is 6.16. The summed E-state index contributed by atoms with van der Waals surface area (Å²) in [5.74, 6) is 2.15. The van der Waals surface area contributed by atoms with Crippen molar-refractivity contribution in [3.05, 3.63) is 40.7 Å². The molecule has 0 bridgehead atoms. The molecule has 4 rings (SSSR count). The van der Waals surface area contributed by atoms with Crippen LogP contribution in [0.3, 0.4) is 0 Å². The average Bonchev–Trinajstić information content (AvgIpc) is 3.18. The molecule has 0 N–H and O–H groups in total. The monoisotopic (exact) mass is 418 g/mol. The number of amides is 1. The van der Waals surface area contributed by atoms with Crippen molar-refractivity contribution in [2.45, 2.75) is 39.0 Å². The van der Waals surface area contributed by atoms with E-state index in [1.54, 1.807) is 0 Å². The van der Waals surface area contributed by atoms with Gasteiger partial charge in [0.1, 0.15) is 5.82 Å². The zero-order valence-electron chi connectivity index (χ0n) is 16.3. The fourth-order valence-electron chi connectivity index (χ4n) is 4.03. The number of piperidine rings is 2. The minimum absolute atomic E-state index is 0.172. The fourth-order valence-corrected chi connectivity index (χ4v) is 4.90. The van der Waals surface area contributed by atoms with Gasteiger partial charge in [0.15, 0.2) is 0 Å². The second-order valence-corrected chi connectivity index (χ2v) is 9.23. The Morgan fingerprint density at radius 2 is 1.79 bits per heavy atom. The van der Waals surface area contributed by atoms with Crippen LogP contribution >= 0.6 is 23.1 Å². The van der Waals surface area contributed by atoms with Gasteiger partial charge in [-0.2, -0.15) is 4.37 Å². The number of anilines is 1. The van der Waals surface area contributed by atoms with Crippen LogP contribution in [0.15, 0.2) is 24.3 Å². The Hall–Kier alpha value is -1.66.